The maximum absolute atomic E-state index is 7.00. The summed E-state index contributed by atoms with van der Waals surface area (Å²) in [6, 6.07) is 3.47. The van der Waals surface area contributed by atoms with E-state index in [4.69, 9.17) is 17.0 Å². The fourth-order valence-electron chi connectivity index (χ4n) is 0.771. The van der Waals surface area contributed by atoms with E-state index in [1.165, 1.54) is 0 Å². The molecule has 0 aromatic carbocycles. The highest BCUT2D eigenvalue weighted by Gasteiger charge is 1.98. The van der Waals surface area contributed by atoms with Crippen LogP contribution in [0.2, 0.25) is 5.15 Å². The molecule has 11 heavy (non-hydrogen) atoms. The second kappa shape index (κ2) is 3.34. The van der Waals surface area contributed by atoms with Crippen molar-refractivity contribution in [3.8, 4) is 0 Å². The van der Waals surface area contributed by atoms with Crippen molar-refractivity contribution in [2.45, 2.75) is 0 Å². The van der Waals surface area contributed by atoms with E-state index in [1.807, 2.05) is 0 Å². The number of pyridine rings is 1. The largest absolute Gasteiger partial charge is 0.386 e. The van der Waals surface area contributed by atoms with Gasteiger partial charge in [-0.25, -0.2) is 4.98 Å². The fourth-order valence-corrected chi connectivity index (χ4v) is 0.926. The van der Waals surface area contributed by atoms with Gasteiger partial charge in [0, 0.05) is 13.3 Å². The van der Waals surface area contributed by atoms with E-state index >= 15 is 0 Å². The molecule has 0 atom stereocenters. The second-order valence-electron chi connectivity index (χ2n) is 1.96. The molecular formula is C7H8ClN3. The van der Waals surface area contributed by atoms with E-state index in [-0.39, 0.29) is 0 Å². The predicted molar refractivity (Wildman–Crippen MR) is 46.7 cm³/mol. The van der Waals surface area contributed by atoms with Crippen molar-refractivity contribution in [2.24, 2.45) is 0 Å². The Morgan fingerprint density at radius 2 is 2.36 bits per heavy atom. The zero-order valence-electron chi connectivity index (χ0n) is 6.06. The summed E-state index contributed by atoms with van der Waals surface area (Å²) in [4.78, 5) is 3.92. The molecular weight excluding hydrogens is 162 g/mol. The van der Waals surface area contributed by atoms with Gasteiger partial charge in [0.05, 0.1) is 5.69 Å². The second-order valence-corrected chi connectivity index (χ2v) is 2.35. The molecule has 0 aliphatic heterocycles. The molecule has 0 saturated heterocycles. The van der Waals surface area contributed by atoms with E-state index < -0.39 is 0 Å². The first-order valence-electron chi connectivity index (χ1n) is 3.12. The van der Waals surface area contributed by atoms with Gasteiger partial charge in [0.15, 0.2) is 0 Å². The Balaban J connectivity index is 3.16. The predicted octanol–water partition coefficient (Wildman–Crippen LogP) is 1.77. The van der Waals surface area contributed by atoms with Gasteiger partial charge in [-0.2, -0.15) is 0 Å². The monoisotopic (exact) mass is 169 g/mol. The number of rotatable bonds is 2. The molecule has 1 aromatic rings. The van der Waals surface area contributed by atoms with Crippen LogP contribution >= 0.6 is 11.6 Å². The van der Waals surface area contributed by atoms with E-state index in [9.17, 15) is 0 Å². The Bertz CT molecular complexity index is 272. The lowest BCUT2D eigenvalue weighted by atomic mass is 10.3. The highest BCUT2D eigenvalue weighted by Crippen LogP contribution is 2.13. The lowest BCUT2D eigenvalue weighted by molar-refractivity contribution is 1.28. The van der Waals surface area contributed by atoms with Crippen LogP contribution in [-0.2, 0) is 0 Å². The normalized spacial score (nSPS) is 9.27. The summed E-state index contributed by atoms with van der Waals surface area (Å²) in [6.45, 7) is 0. The number of hydrogen-bond acceptors (Lipinski definition) is 3. The molecule has 0 amide bonds. The van der Waals surface area contributed by atoms with Gasteiger partial charge in [-0.05, 0) is 12.1 Å². The van der Waals surface area contributed by atoms with Gasteiger partial charge in [-0.3, -0.25) is 0 Å². The van der Waals surface area contributed by atoms with Crippen molar-refractivity contribution in [1.29, 1.82) is 5.41 Å². The highest BCUT2D eigenvalue weighted by molar-refractivity contribution is 6.29. The van der Waals surface area contributed by atoms with Crippen molar-refractivity contribution < 1.29 is 0 Å². The maximum Gasteiger partial charge on any atom is 0.129 e. The zero-order chi connectivity index (χ0) is 8.27. The Labute approximate surface area is 69.9 Å². The number of halogens is 1. The third-order valence-electron chi connectivity index (χ3n) is 1.30. The van der Waals surface area contributed by atoms with E-state index in [2.05, 4.69) is 10.3 Å². The van der Waals surface area contributed by atoms with Gasteiger partial charge in [0.25, 0.3) is 0 Å². The summed E-state index contributed by atoms with van der Waals surface area (Å²) in [6.07, 6.45) is 1.16. The molecule has 1 heterocycles. The molecule has 1 rings (SSSR count). The number of nitrogens with zero attached hydrogens (tertiary/aromatic N) is 1. The van der Waals surface area contributed by atoms with Crippen LogP contribution in [0.3, 0.4) is 0 Å². The highest BCUT2D eigenvalue weighted by atomic mass is 35.5. The van der Waals surface area contributed by atoms with Crippen LogP contribution in [0.1, 0.15) is 5.69 Å². The van der Waals surface area contributed by atoms with Crippen molar-refractivity contribution in [3.05, 3.63) is 23.0 Å². The van der Waals surface area contributed by atoms with Gasteiger partial charge in [-0.1, -0.05) is 11.6 Å². The first kappa shape index (κ1) is 8.01. The molecule has 0 saturated carbocycles. The van der Waals surface area contributed by atoms with Gasteiger partial charge in [0.1, 0.15) is 10.8 Å². The van der Waals surface area contributed by atoms with Crippen LogP contribution in [0.4, 0.5) is 5.69 Å². The maximum atomic E-state index is 7.00. The van der Waals surface area contributed by atoms with Crippen molar-refractivity contribution in [3.63, 3.8) is 0 Å². The molecule has 2 N–H and O–H groups in total. The van der Waals surface area contributed by atoms with Crippen molar-refractivity contribution >= 4 is 23.5 Å². The summed E-state index contributed by atoms with van der Waals surface area (Å²) < 4.78 is 0. The number of aromatic nitrogens is 1. The van der Waals surface area contributed by atoms with Gasteiger partial charge in [-0.15, -0.1) is 0 Å². The Morgan fingerprint density at radius 1 is 1.64 bits per heavy atom. The van der Waals surface area contributed by atoms with Crippen LogP contribution in [0.25, 0.3) is 0 Å². The molecule has 3 nitrogen and oxygen atoms in total. The van der Waals surface area contributed by atoms with Crippen LogP contribution < -0.4 is 5.32 Å². The zero-order valence-corrected chi connectivity index (χ0v) is 6.81. The minimum Gasteiger partial charge on any atom is -0.386 e. The number of nitrogens with one attached hydrogen (secondary N) is 2. The molecule has 0 aliphatic rings. The van der Waals surface area contributed by atoms with Gasteiger partial charge < -0.3 is 10.7 Å². The Kier molecular flexibility index (Phi) is 2.44. The summed E-state index contributed by atoms with van der Waals surface area (Å²) in [5, 5.41) is 10.3. The molecule has 0 bridgehead atoms. The lowest BCUT2D eigenvalue weighted by Gasteiger charge is -2.02. The van der Waals surface area contributed by atoms with Crippen molar-refractivity contribution in [1.82, 2.24) is 4.98 Å². The third kappa shape index (κ3) is 1.68. The van der Waals surface area contributed by atoms with E-state index in [1.54, 1.807) is 19.2 Å². The standard InChI is InChI=1S/C7H8ClN3/c1-10-5-2-3-7(8)11-6(5)4-9/h2-4,9-10H,1H3. The summed E-state index contributed by atoms with van der Waals surface area (Å²) in [5.74, 6) is 0. The van der Waals surface area contributed by atoms with Crippen LogP contribution in [0, 0.1) is 5.41 Å². The molecule has 0 unspecified atom stereocenters. The summed E-state index contributed by atoms with van der Waals surface area (Å²) in [7, 11) is 1.78. The summed E-state index contributed by atoms with van der Waals surface area (Å²) >= 11 is 5.61. The molecule has 0 radical (unpaired) electrons. The Hall–Kier alpha value is -1.09. The minimum atomic E-state index is 0.405. The van der Waals surface area contributed by atoms with E-state index in [0.717, 1.165) is 11.9 Å². The number of hydrogen-bond donors (Lipinski definition) is 2. The topological polar surface area (TPSA) is 48.8 Å². The molecule has 0 fully saturated rings. The average molecular weight is 170 g/mol. The third-order valence-corrected chi connectivity index (χ3v) is 1.51. The quantitative estimate of drug-likeness (QED) is 0.524. The van der Waals surface area contributed by atoms with Gasteiger partial charge in [0.2, 0.25) is 0 Å². The Morgan fingerprint density at radius 3 is 2.91 bits per heavy atom. The first-order valence-corrected chi connectivity index (χ1v) is 3.50. The smallest absolute Gasteiger partial charge is 0.129 e. The molecule has 0 aliphatic carbocycles. The SMILES string of the molecule is CNc1ccc(Cl)nc1C=N. The van der Waals surface area contributed by atoms with E-state index in [0.29, 0.717) is 10.8 Å². The van der Waals surface area contributed by atoms with Crippen LogP contribution in [0.15, 0.2) is 12.1 Å². The lowest BCUT2D eigenvalue weighted by Crippen LogP contribution is -1.96. The summed E-state index contributed by atoms with van der Waals surface area (Å²) in [5.41, 5.74) is 1.37. The number of anilines is 1. The minimum absolute atomic E-state index is 0.405. The van der Waals surface area contributed by atoms with Crippen LogP contribution in [-0.4, -0.2) is 18.2 Å². The van der Waals surface area contributed by atoms with Gasteiger partial charge >= 0.3 is 0 Å². The average Bonchev–Trinajstić information content (AvgIpc) is 2.04. The van der Waals surface area contributed by atoms with Crippen molar-refractivity contribution in [2.75, 3.05) is 12.4 Å². The molecule has 0 spiro atoms. The first-order chi connectivity index (χ1) is 5.27. The molecule has 1 aromatic heterocycles. The molecule has 4 heteroatoms. The molecule has 58 valence electrons. The van der Waals surface area contributed by atoms with Crippen LogP contribution in [0.5, 0.6) is 0 Å². The fraction of sp³-hybridized carbons (Fsp3) is 0.143.